The molecule has 0 radical (unpaired) electrons. The number of nitrogens with zero attached hydrogens (tertiary/aromatic N) is 3. The van der Waals surface area contributed by atoms with Crippen molar-refractivity contribution in [1.82, 2.24) is 20.7 Å². The summed E-state index contributed by atoms with van der Waals surface area (Å²) in [5.41, 5.74) is 3.57. The van der Waals surface area contributed by atoms with Gasteiger partial charge in [-0.05, 0) is 30.9 Å². The van der Waals surface area contributed by atoms with Gasteiger partial charge in [-0.15, -0.1) is 0 Å². The predicted octanol–water partition coefficient (Wildman–Crippen LogP) is 3.27. The number of rotatable bonds is 7. The van der Waals surface area contributed by atoms with Gasteiger partial charge in [-0.25, -0.2) is 0 Å². The molecule has 164 valence electrons. The molecule has 0 amide bonds. The lowest BCUT2D eigenvalue weighted by molar-refractivity contribution is -0.0705. The van der Waals surface area contributed by atoms with Gasteiger partial charge in [0.15, 0.2) is 11.7 Å². The van der Waals surface area contributed by atoms with E-state index in [1.54, 1.807) is 7.05 Å². The van der Waals surface area contributed by atoms with E-state index in [4.69, 9.17) is 9.26 Å². The highest BCUT2D eigenvalue weighted by Crippen LogP contribution is 2.17. The minimum atomic E-state index is 0.273. The van der Waals surface area contributed by atoms with Crippen LogP contribution in [-0.2, 0) is 24.4 Å². The smallest absolute Gasteiger partial charge is 0.191 e. The second-order valence-corrected chi connectivity index (χ2v) is 8.37. The summed E-state index contributed by atoms with van der Waals surface area (Å²) in [6.07, 6.45) is 0.545. The number of aliphatic imine (C=N–C) groups is 1. The number of hydrogen-bond acceptors (Lipinski definition) is 5. The largest absolute Gasteiger partial charge is 0.373 e. The number of ether oxygens (including phenoxy) is 1. The van der Waals surface area contributed by atoms with Crippen molar-refractivity contribution in [3.05, 3.63) is 52.9 Å². The second kappa shape index (κ2) is 10.6. The first kappa shape index (κ1) is 22.3. The van der Waals surface area contributed by atoms with Gasteiger partial charge in [0, 0.05) is 39.3 Å². The van der Waals surface area contributed by atoms with Crippen LogP contribution in [-0.4, -0.2) is 48.4 Å². The first-order valence-electron chi connectivity index (χ1n) is 10.8. The van der Waals surface area contributed by atoms with Crippen LogP contribution >= 0.6 is 0 Å². The van der Waals surface area contributed by atoms with E-state index in [0.717, 1.165) is 37.0 Å². The molecule has 1 fully saturated rings. The fourth-order valence-corrected chi connectivity index (χ4v) is 3.79. The van der Waals surface area contributed by atoms with Gasteiger partial charge in [-0.1, -0.05) is 43.3 Å². The van der Waals surface area contributed by atoms with Crippen LogP contribution in [0.5, 0.6) is 0 Å². The zero-order valence-electron chi connectivity index (χ0n) is 18.8. The molecule has 2 unspecified atom stereocenters. The average Bonchev–Trinajstić information content (AvgIpc) is 3.18. The van der Waals surface area contributed by atoms with Gasteiger partial charge in [-0.3, -0.25) is 9.89 Å². The zero-order valence-corrected chi connectivity index (χ0v) is 18.8. The first-order valence-corrected chi connectivity index (χ1v) is 10.8. The Labute approximate surface area is 179 Å². The molecule has 0 bridgehead atoms. The third-order valence-electron chi connectivity index (χ3n) is 5.28. The van der Waals surface area contributed by atoms with Crippen LogP contribution in [0.15, 0.2) is 39.8 Å². The summed E-state index contributed by atoms with van der Waals surface area (Å²) in [6, 6.07) is 10.6. The Balaban J connectivity index is 1.55. The Hall–Kier alpha value is -2.38. The minimum Gasteiger partial charge on any atom is -0.373 e. The van der Waals surface area contributed by atoms with Crippen LogP contribution < -0.4 is 10.6 Å². The summed E-state index contributed by atoms with van der Waals surface area (Å²) in [4.78, 5) is 6.80. The number of aromatic nitrogens is 1. The highest BCUT2D eigenvalue weighted by Gasteiger charge is 2.22. The van der Waals surface area contributed by atoms with Gasteiger partial charge in [0.2, 0.25) is 0 Å². The maximum atomic E-state index is 5.87. The molecule has 2 atom stereocenters. The van der Waals surface area contributed by atoms with Crippen molar-refractivity contribution >= 4 is 5.96 Å². The van der Waals surface area contributed by atoms with Crippen molar-refractivity contribution in [3.63, 3.8) is 0 Å². The molecule has 7 heteroatoms. The monoisotopic (exact) mass is 413 g/mol. The third-order valence-corrected chi connectivity index (χ3v) is 5.28. The molecule has 2 N–H and O–H groups in total. The topological polar surface area (TPSA) is 74.9 Å². The molecule has 0 aliphatic carbocycles. The Morgan fingerprint density at radius 2 is 1.80 bits per heavy atom. The van der Waals surface area contributed by atoms with Crippen molar-refractivity contribution in [1.29, 1.82) is 0 Å². The van der Waals surface area contributed by atoms with Crippen molar-refractivity contribution in [3.8, 4) is 0 Å². The molecule has 1 aliphatic heterocycles. The van der Waals surface area contributed by atoms with E-state index in [1.807, 2.05) is 6.07 Å². The lowest BCUT2D eigenvalue weighted by Crippen LogP contribution is -2.45. The number of benzene rings is 1. The third kappa shape index (κ3) is 6.31. The summed E-state index contributed by atoms with van der Waals surface area (Å²) in [5.74, 6) is 1.90. The molecule has 0 saturated carbocycles. The van der Waals surface area contributed by atoms with E-state index in [2.05, 4.69) is 77.6 Å². The fourth-order valence-electron chi connectivity index (χ4n) is 3.79. The molecule has 2 aromatic rings. The van der Waals surface area contributed by atoms with Crippen LogP contribution in [0.1, 0.15) is 56.2 Å². The summed E-state index contributed by atoms with van der Waals surface area (Å²) in [7, 11) is 1.78. The molecule has 1 aromatic heterocycles. The fraction of sp³-hybridized carbons (Fsp3) is 0.565. The SMILES string of the molecule is CN=C(NCc1cc(C(C)C)no1)NCc1ccccc1CN1CC(C)OC(C)C1. The standard InChI is InChI=1S/C23H35N5O2/c1-16(2)22-10-21(30-27-22)12-26-23(24-5)25-11-19-8-6-7-9-20(19)15-28-13-17(3)29-18(4)14-28/h6-10,16-18H,11-15H2,1-5H3,(H2,24,25,26). The van der Waals surface area contributed by atoms with Gasteiger partial charge in [0.25, 0.3) is 0 Å². The van der Waals surface area contributed by atoms with E-state index in [1.165, 1.54) is 11.1 Å². The van der Waals surface area contributed by atoms with Crippen molar-refractivity contribution in [2.75, 3.05) is 20.1 Å². The number of hydrogen-bond donors (Lipinski definition) is 2. The Morgan fingerprint density at radius 3 is 2.43 bits per heavy atom. The molecule has 0 spiro atoms. The zero-order chi connectivity index (χ0) is 21.5. The molecule has 1 saturated heterocycles. The van der Waals surface area contributed by atoms with Gasteiger partial charge < -0.3 is 19.9 Å². The van der Waals surface area contributed by atoms with E-state index in [9.17, 15) is 0 Å². The quantitative estimate of drug-likeness (QED) is 0.536. The summed E-state index contributed by atoms with van der Waals surface area (Å²) >= 11 is 0. The lowest BCUT2D eigenvalue weighted by atomic mass is 10.1. The number of nitrogens with one attached hydrogen (secondary N) is 2. The van der Waals surface area contributed by atoms with E-state index in [-0.39, 0.29) is 12.2 Å². The van der Waals surface area contributed by atoms with Gasteiger partial charge >= 0.3 is 0 Å². The summed E-state index contributed by atoms with van der Waals surface area (Å²) < 4.78 is 11.3. The van der Waals surface area contributed by atoms with Crippen molar-refractivity contribution in [2.24, 2.45) is 4.99 Å². The summed E-state index contributed by atoms with van der Waals surface area (Å²) in [6.45, 7) is 12.6. The van der Waals surface area contributed by atoms with Gasteiger partial charge in [0.05, 0.1) is 24.4 Å². The highest BCUT2D eigenvalue weighted by molar-refractivity contribution is 5.79. The van der Waals surface area contributed by atoms with Gasteiger partial charge in [-0.2, -0.15) is 0 Å². The second-order valence-electron chi connectivity index (χ2n) is 8.37. The average molecular weight is 414 g/mol. The Morgan fingerprint density at radius 1 is 1.13 bits per heavy atom. The molecule has 1 aliphatic rings. The molecular weight excluding hydrogens is 378 g/mol. The molecule has 7 nitrogen and oxygen atoms in total. The molecule has 3 rings (SSSR count). The van der Waals surface area contributed by atoms with Crippen LogP contribution in [0.25, 0.3) is 0 Å². The van der Waals surface area contributed by atoms with E-state index in [0.29, 0.717) is 19.0 Å². The van der Waals surface area contributed by atoms with Crippen molar-refractivity contribution < 1.29 is 9.26 Å². The maximum Gasteiger partial charge on any atom is 0.191 e. The predicted molar refractivity (Wildman–Crippen MR) is 119 cm³/mol. The van der Waals surface area contributed by atoms with E-state index < -0.39 is 0 Å². The molecular formula is C23H35N5O2. The molecule has 2 heterocycles. The number of morpholine rings is 1. The normalized spacial score (nSPS) is 20.5. The Bertz CT molecular complexity index is 823. The van der Waals surface area contributed by atoms with Gasteiger partial charge in [0.1, 0.15) is 0 Å². The highest BCUT2D eigenvalue weighted by atomic mass is 16.5. The van der Waals surface area contributed by atoms with Crippen LogP contribution in [0.2, 0.25) is 0 Å². The first-order chi connectivity index (χ1) is 14.4. The summed E-state index contributed by atoms with van der Waals surface area (Å²) in [5, 5.41) is 10.8. The van der Waals surface area contributed by atoms with Crippen LogP contribution in [0, 0.1) is 0 Å². The maximum absolute atomic E-state index is 5.87. The Kier molecular flexibility index (Phi) is 7.87. The van der Waals surface area contributed by atoms with E-state index >= 15 is 0 Å². The minimum absolute atomic E-state index is 0.273. The van der Waals surface area contributed by atoms with Crippen LogP contribution in [0.4, 0.5) is 0 Å². The van der Waals surface area contributed by atoms with Crippen molar-refractivity contribution in [2.45, 2.75) is 65.5 Å². The number of guanidine groups is 1. The molecule has 30 heavy (non-hydrogen) atoms. The molecule has 1 aromatic carbocycles. The lowest BCUT2D eigenvalue weighted by Gasteiger charge is -2.35. The van der Waals surface area contributed by atoms with Crippen LogP contribution in [0.3, 0.4) is 0 Å².